The summed E-state index contributed by atoms with van der Waals surface area (Å²) < 4.78 is 4.72. The van der Waals surface area contributed by atoms with E-state index in [1.807, 2.05) is 6.07 Å². The Kier molecular flexibility index (Phi) is 4.72. The quantitative estimate of drug-likeness (QED) is 0.361. The van der Waals surface area contributed by atoms with Crippen LogP contribution in [0, 0.1) is 15.5 Å². The molecule has 0 atom stereocenters. The first-order valence-electron chi connectivity index (χ1n) is 6.65. The van der Waals surface area contributed by atoms with Gasteiger partial charge in [-0.05, 0) is 24.3 Å². The minimum atomic E-state index is -0.397. The number of rotatable bonds is 7. The highest BCUT2D eigenvalue weighted by Crippen LogP contribution is 2.52. The second kappa shape index (κ2) is 6.34. The first-order chi connectivity index (χ1) is 9.98. The third-order valence-corrected chi connectivity index (χ3v) is 4.97. The van der Waals surface area contributed by atoms with E-state index in [9.17, 15) is 14.9 Å². The largest absolute Gasteiger partial charge is 0.469 e. The van der Waals surface area contributed by atoms with Gasteiger partial charge in [0.2, 0.25) is 0 Å². The summed E-state index contributed by atoms with van der Waals surface area (Å²) in [4.78, 5) is 22.8. The van der Waals surface area contributed by atoms with Crippen molar-refractivity contribution in [1.29, 1.82) is 0 Å². The average Bonchev–Trinajstić information content (AvgIpc) is 3.24. The molecular formula is C14H18N2O4S. The highest BCUT2D eigenvalue weighted by atomic mass is 32.2. The van der Waals surface area contributed by atoms with Gasteiger partial charge in [-0.2, -0.15) is 0 Å². The molecule has 114 valence electrons. The lowest BCUT2D eigenvalue weighted by Gasteiger charge is -2.13. The fraction of sp³-hybridized carbons (Fsp3) is 0.500. The molecule has 0 spiro atoms. The summed E-state index contributed by atoms with van der Waals surface area (Å²) in [6.45, 7) is 0. The Hall–Kier alpha value is -1.76. The topological polar surface area (TPSA) is 81.5 Å². The van der Waals surface area contributed by atoms with E-state index in [0.717, 1.165) is 23.5 Å². The van der Waals surface area contributed by atoms with Gasteiger partial charge in [0.25, 0.3) is 5.69 Å². The molecule has 1 aliphatic carbocycles. The van der Waals surface area contributed by atoms with Gasteiger partial charge in [-0.15, -0.1) is 11.8 Å². The van der Waals surface area contributed by atoms with Gasteiger partial charge in [-0.3, -0.25) is 14.9 Å². The van der Waals surface area contributed by atoms with Crippen LogP contribution in [0.15, 0.2) is 23.1 Å². The summed E-state index contributed by atoms with van der Waals surface area (Å²) in [6, 6.07) is 4.96. The van der Waals surface area contributed by atoms with E-state index in [0.29, 0.717) is 12.1 Å². The van der Waals surface area contributed by atoms with Crippen molar-refractivity contribution < 1.29 is 14.5 Å². The number of nitrogens with one attached hydrogen (secondary N) is 1. The highest BCUT2D eigenvalue weighted by molar-refractivity contribution is 7.99. The third kappa shape index (κ3) is 4.10. The lowest BCUT2D eigenvalue weighted by atomic mass is 10.1. The minimum Gasteiger partial charge on any atom is -0.469 e. The maximum atomic E-state index is 11.4. The highest BCUT2D eigenvalue weighted by Gasteiger charge is 2.44. The number of thioether (sulfide) groups is 1. The van der Waals surface area contributed by atoms with Crippen LogP contribution < -0.4 is 5.32 Å². The third-order valence-electron chi connectivity index (χ3n) is 3.64. The zero-order valence-electron chi connectivity index (χ0n) is 12.0. The first kappa shape index (κ1) is 15.6. The molecule has 1 aliphatic rings. The Balaban J connectivity index is 2.04. The van der Waals surface area contributed by atoms with Crippen LogP contribution in [0.25, 0.3) is 0 Å². The summed E-state index contributed by atoms with van der Waals surface area (Å²) in [5, 5.41) is 13.9. The number of nitro groups is 1. The summed E-state index contributed by atoms with van der Waals surface area (Å²) in [5.74, 6) is 0.579. The molecule has 1 aromatic rings. The Bertz CT molecular complexity index is 558. The zero-order valence-corrected chi connectivity index (χ0v) is 12.9. The summed E-state index contributed by atoms with van der Waals surface area (Å²) in [7, 11) is 3.12. The second-order valence-corrected chi connectivity index (χ2v) is 6.31. The van der Waals surface area contributed by atoms with Crippen LogP contribution in [0.3, 0.4) is 0 Å². The van der Waals surface area contributed by atoms with E-state index in [4.69, 9.17) is 4.74 Å². The zero-order chi connectivity index (χ0) is 15.5. The average molecular weight is 310 g/mol. The number of methoxy groups -OCH3 is 1. The first-order valence-corrected chi connectivity index (χ1v) is 7.63. The van der Waals surface area contributed by atoms with Crippen LogP contribution in [0.5, 0.6) is 0 Å². The molecule has 1 aromatic carbocycles. The van der Waals surface area contributed by atoms with Crippen LogP contribution in [0.1, 0.15) is 19.3 Å². The number of non-ortho nitro benzene ring substituents is 1. The van der Waals surface area contributed by atoms with E-state index >= 15 is 0 Å². The van der Waals surface area contributed by atoms with Crippen molar-refractivity contribution in [3.8, 4) is 0 Å². The lowest BCUT2D eigenvalue weighted by Crippen LogP contribution is -2.13. The van der Waals surface area contributed by atoms with Gasteiger partial charge in [0, 0.05) is 35.5 Å². The molecule has 0 radical (unpaired) electrons. The molecule has 1 saturated carbocycles. The fourth-order valence-corrected chi connectivity index (χ4v) is 3.36. The minimum absolute atomic E-state index is 0.00217. The van der Waals surface area contributed by atoms with Crippen molar-refractivity contribution in [3.05, 3.63) is 28.3 Å². The molecule has 0 heterocycles. The van der Waals surface area contributed by atoms with Gasteiger partial charge in [-0.25, -0.2) is 0 Å². The van der Waals surface area contributed by atoms with Gasteiger partial charge in [0.05, 0.1) is 18.5 Å². The van der Waals surface area contributed by atoms with Gasteiger partial charge < -0.3 is 10.1 Å². The molecule has 0 saturated heterocycles. The fourth-order valence-electron chi connectivity index (χ4n) is 2.08. The van der Waals surface area contributed by atoms with Gasteiger partial charge >= 0.3 is 5.97 Å². The second-order valence-electron chi connectivity index (χ2n) is 5.26. The standard InChI is InChI=1S/C14H18N2O4S/c1-15-10-5-11(16(18)19)7-12(6-10)21-9-14(3-4-14)8-13(17)20-2/h5-7,15H,3-4,8-9H2,1-2H3. The van der Waals surface area contributed by atoms with Crippen molar-refractivity contribution in [3.63, 3.8) is 0 Å². The Morgan fingerprint density at radius 3 is 2.71 bits per heavy atom. The summed E-state index contributed by atoms with van der Waals surface area (Å²) >= 11 is 1.55. The SMILES string of the molecule is CNc1cc(SCC2(CC(=O)OC)CC2)cc([N+](=O)[O-])c1. The van der Waals surface area contributed by atoms with Crippen molar-refractivity contribution in [1.82, 2.24) is 0 Å². The number of hydrogen-bond donors (Lipinski definition) is 1. The number of carbonyl (C=O) groups excluding carboxylic acids is 1. The number of ether oxygens (including phenoxy) is 1. The maximum Gasteiger partial charge on any atom is 0.306 e. The molecule has 0 unspecified atom stereocenters. The number of benzene rings is 1. The monoisotopic (exact) mass is 310 g/mol. The number of nitro benzene ring substituents is 1. The Morgan fingerprint density at radius 1 is 1.48 bits per heavy atom. The van der Waals surface area contributed by atoms with Crippen molar-refractivity contribution in [2.75, 3.05) is 25.2 Å². The summed E-state index contributed by atoms with van der Waals surface area (Å²) in [5.41, 5.74) is 0.786. The lowest BCUT2D eigenvalue weighted by molar-refractivity contribution is -0.385. The molecule has 0 amide bonds. The number of nitrogens with zero attached hydrogens (tertiary/aromatic N) is 1. The van der Waals surface area contributed by atoms with Crippen LogP contribution in [-0.2, 0) is 9.53 Å². The van der Waals surface area contributed by atoms with E-state index in [1.165, 1.54) is 13.2 Å². The number of anilines is 1. The Morgan fingerprint density at radius 2 is 2.19 bits per heavy atom. The van der Waals surface area contributed by atoms with Crippen molar-refractivity contribution in [2.24, 2.45) is 5.41 Å². The van der Waals surface area contributed by atoms with Crippen molar-refractivity contribution >= 4 is 29.1 Å². The number of hydrogen-bond acceptors (Lipinski definition) is 6. The Labute approximate surface area is 127 Å². The normalized spacial score (nSPS) is 15.3. The van der Waals surface area contributed by atoms with E-state index in [1.54, 1.807) is 24.9 Å². The number of esters is 1. The smallest absolute Gasteiger partial charge is 0.306 e. The van der Waals surface area contributed by atoms with Crippen LogP contribution in [-0.4, -0.2) is 30.8 Å². The van der Waals surface area contributed by atoms with Crippen molar-refractivity contribution in [2.45, 2.75) is 24.2 Å². The maximum absolute atomic E-state index is 11.4. The van der Waals surface area contributed by atoms with Crippen LogP contribution in [0.4, 0.5) is 11.4 Å². The molecule has 0 aliphatic heterocycles. The molecule has 2 rings (SSSR count). The van der Waals surface area contributed by atoms with E-state index in [-0.39, 0.29) is 17.1 Å². The van der Waals surface area contributed by atoms with Gasteiger partial charge in [0.15, 0.2) is 0 Å². The number of carbonyl (C=O) groups is 1. The van der Waals surface area contributed by atoms with Gasteiger partial charge in [-0.1, -0.05) is 0 Å². The van der Waals surface area contributed by atoms with E-state index in [2.05, 4.69) is 5.32 Å². The molecule has 0 bridgehead atoms. The molecule has 7 heteroatoms. The van der Waals surface area contributed by atoms with Gasteiger partial charge in [0.1, 0.15) is 0 Å². The molecule has 1 N–H and O–H groups in total. The predicted octanol–water partition coefficient (Wildman–Crippen LogP) is 3.07. The van der Waals surface area contributed by atoms with Crippen LogP contribution in [0.2, 0.25) is 0 Å². The molecule has 6 nitrogen and oxygen atoms in total. The molecular weight excluding hydrogens is 292 g/mol. The predicted molar refractivity (Wildman–Crippen MR) is 81.7 cm³/mol. The summed E-state index contributed by atoms with van der Waals surface area (Å²) in [6.07, 6.45) is 2.43. The van der Waals surface area contributed by atoms with Crippen LogP contribution >= 0.6 is 11.8 Å². The molecule has 21 heavy (non-hydrogen) atoms. The molecule has 0 aromatic heterocycles. The molecule has 1 fully saturated rings. The van der Waals surface area contributed by atoms with E-state index < -0.39 is 4.92 Å².